The van der Waals surface area contributed by atoms with E-state index in [1.165, 1.54) is 13.8 Å². The van der Waals surface area contributed by atoms with E-state index in [9.17, 15) is 21.6 Å². The molecule has 1 aromatic rings. The number of amidine groups is 1. The fourth-order valence-corrected chi connectivity index (χ4v) is 2.74. The number of rotatable bonds is 4. The summed E-state index contributed by atoms with van der Waals surface area (Å²) in [6, 6.07) is 0.497. The van der Waals surface area contributed by atoms with E-state index in [2.05, 4.69) is 0 Å². The van der Waals surface area contributed by atoms with Crippen LogP contribution in [0.25, 0.3) is 0 Å². The zero-order chi connectivity index (χ0) is 15.0. The third kappa shape index (κ3) is 3.24. The molecule has 0 amide bonds. The van der Waals surface area contributed by atoms with Gasteiger partial charge in [0.25, 0.3) is 0 Å². The molecule has 0 bridgehead atoms. The Labute approximate surface area is 108 Å². The Balaban J connectivity index is 3.34. The van der Waals surface area contributed by atoms with Crippen molar-refractivity contribution in [3.8, 4) is 0 Å². The van der Waals surface area contributed by atoms with Gasteiger partial charge in [0.05, 0.1) is 5.54 Å². The van der Waals surface area contributed by atoms with Crippen molar-refractivity contribution < 1.29 is 21.6 Å². The normalized spacial score (nSPS) is 12.5. The van der Waals surface area contributed by atoms with Crippen LogP contribution in [0.4, 0.5) is 13.2 Å². The highest BCUT2D eigenvalue weighted by atomic mass is 32.2. The van der Waals surface area contributed by atoms with E-state index in [4.69, 9.17) is 11.1 Å². The highest BCUT2D eigenvalue weighted by molar-refractivity contribution is 7.89. The summed E-state index contributed by atoms with van der Waals surface area (Å²) in [7, 11) is -4.63. The second kappa shape index (κ2) is 4.82. The summed E-state index contributed by atoms with van der Waals surface area (Å²) < 4.78 is 65.1. The van der Waals surface area contributed by atoms with Crippen molar-refractivity contribution in [2.75, 3.05) is 0 Å². The van der Waals surface area contributed by atoms with Crippen molar-refractivity contribution in [1.82, 2.24) is 4.72 Å². The summed E-state index contributed by atoms with van der Waals surface area (Å²) >= 11 is 0. The lowest BCUT2D eigenvalue weighted by Crippen LogP contribution is -2.52. The van der Waals surface area contributed by atoms with Crippen molar-refractivity contribution in [3.63, 3.8) is 0 Å². The average Bonchev–Trinajstić information content (AvgIpc) is 2.12. The molecule has 4 N–H and O–H groups in total. The van der Waals surface area contributed by atoms with Crippen molar-refractivity contribution >= 4 is 15.9 Å². The Kier molecular flexibility index (Phi) is 3.92. The maximum atomic E-state index is 13.4. The molecule has 0 aliphatic heterocycles. The van der Waals surface area contributed by atoms with Gasteiger partial charge in [-0.05, 0) is 13.8 Å². The summed E-state index contributed by atoms with van der Waals surface area (Å²) in [5, 5.41) is 7.18. The van der Waals surface area contributed by atoms with Crippen molar-refractivity contribution in [2.24, 2.45) is 5.73 Å². The quantitative estimate of drug-likeness (QED) is 0.573. The minimum Gasteiger partial charge on any atom is -0.386 e. The molecule has 0 aliphatic rings. The predicted molar refractivity (Wildman–Crippen MR) is 62.6 cm³/mol. The van der Waals surface area contributed by atoms with Crippen LogP contribution in [0.1, 0.15) is 13.8 Å². The van der Waals surface area contributed by atoms with Crippen molar-refractivity contribution in [3.05, 3.63) is 29.6 Å². The number of hydrogen-bond acceptors (Lipinski definition) is 3. The van der Waals surface area contributed by atoms with Gasteiger partial charge in [-0.3, -0.25) is 5.41 Å². The number of sulfonamides is 1. The van der Waals surface area contributed by atoms with Crippen LogP contribution in [-0.4, -0.2) is 19.8 Å². The molecular formula is C10H12F3N3O2S. The molecule has 0 saturated heterocycles. The lowest BCUT2D eigenvalue weighted by atomic mass is 10.1. The van der Waals surface area contributed by atoms with E-state index in [1.54, 1.807) is 0 Å². The molecule has 1 aromatic carbocycles. The summed E-state index contributed by atoms with van der Waals surface area (Å²) in [5.41, 5.74) is 3.63. The van der Waals surface area contributed by atoms with E-state index in [-0.39, 0.29) is 12.1 Å². The van der Waals surface area contributed by atoms with Crippen molar-refractivity contribution in [2.45, 2.75) is 24.3 Å². The molecule has 5 nitrogen and oxygen atoms in total. The highest BCUT2D eigenvalue weighted by Gasteiger charge is 2.33. The first-order valence-corrected chi connectivity index (χ1v) is 6.49. The molecule has 106 valence electrons. The van der Waals surface area contributed by atoms with Gasteiger partial charge in [-0.1, -0.05) is 0 Å². The summed E-state index contributed by atoms with van der Waals surface area (Å²) in [6.45, 7) is 2.48. The zero-order valence-electron chi connectivity index (χ0n) is 10.1. The van der Waals surface area contributed by atoms with Crippen LogP contribution in [0.3, 0.4) is 0 Å². The summed E-state index contributed by atoms with van der Waals surface area (Å²) in [5.74, 6) is -4.91. The molecule has 0 radical (unpaired) electrons. The monoisotopic (exact) mass is 295 g/mol. The van der Waals surface area contributed by atoms with Crippen LogP contribution < -0.4 is 10.5 Å². The van der Waals surface area contributed by atoms with Crippen molar-refractivity contribution in [1.29, 1.82) is 5.41 Å². The molecule has 1 rings (SSSR count). The topological polar surface area (TPSA) is 96.0 Å². The lowest BCUT2D eigenvalue weighted by molar-refractivity contribution is 0.486. The molecule has 0 aliphatic carbocycles. The third-order valence-corrected chi connectivity index (χ3v) is 4.00. The van der Waals surface area contributed by atoms with Gasteiger partial charge in [0.2, 0.25) is 10.0 Å². The Morgan fingerprint density at radius 3 is 2.05 bits per heavy atom. The van der Waals surface area contributed by atoms with Crippen LogP contribution in [0.2, 0.25) is 0 Å². The molecule has 0 atom stereocenters. The third-order valence-electron chi connectivity index (χ3n) is 2.29. The zero-order valence-corrected chi connectivity index (χ0v) is 10.9. The van der Waals surface area contributed by atoms with E-state index in [0.717, 1.165) is 0 Å². The maximum Gasteiger partial charge on any atom is 0.247 e. The number of hydrogen-bond donors (Lipinski definition) is 3. The first-order chi connectivity index (χ1) is 8.47. The standard InChI is InChI=1S/C10H12F3N3O2S/c1-10(2,9(14)15)16-19(17,18)8-6(12)3-5(11)4-7(8)13/h3-4,16H,1-2H3,(H3,14,15). The van der Waals surface area contributed by atoms with E-state index < -0.39 is 43.7 Å². The second-order valence-electron chi connectivity index (χ2n) is 4.34. The van der Waals surface area contributed by atoms with Crippen LogP contribution in [0.15, 0.2) is 17.0 Å². The minimum absolute atomic E-state index is 0.248. The predicted octanol–water partition coefficient (Wildman–Crippen LogP) is 1.10. The van der Waals surface area contributed by atoms with Crippen LogP contribution >= 0.6 is 0 Å². The van der Waals surface area contributed by atoms with Gasteiger partial charge in [-0.25, -0.2) is 21.6 Å². The molecule has 19 heavy (non-hydrogen) atoms. The van der Waals surface area contributed by atoms with Crippen LogP contribution in [0, 0.1) is 22.9 Å². The van der Waals surface area contributed by atoms with Gasteiger partial charge < -0.3 is 5.73 Å². The molecule has 0 unspecified atom stereocenters. The second-order valence-corrected chi connectivity index (χ2v) is 5.96. The molecule has 0 saturated carbocycles. The number of nitrogens with one attached hydrogen (secondary N) is 2. The van der Waals surface area contributed by atoms with Crippen LogP contribution in [0.5, 0.6) is 0 Å². The van der Waals surface area contributed by atoms with Gasteiger partial charge in [0.15, 0.2) is 4.90 Å². The summed E-state index contributed by atoms with van der Waals surface area (Å²) in [6.07, 6.45) is 0. The first-order valence-electron chi connectivity index (χ1n) is 5.00. The Morgan fingerprint density at radius 2 is 1.68 bits per heavy atom. The Hall–Kier alpha value is -1.61. The minimum atomic E-state index is -4.63. The van der Waals surface area contributed by atoms with Gasteiger partial charge in [-0.15, -0.1) is 0 Å². The number of benzene rings is 1. The van der Waals surface area contributed by atoms with E-state index >= 15 is 0 Å². The lowest BCUT2D eigenvalue weighted by Gasteiger charge is -2.24. The summed E-state index contributed by atoms with van der Waals surface area (Å²) in [4.78, 5) is -1.32. The molecule has 0 spiro atoms. The molecule has 0 aromatic heterocycles. The molecular weight excluding hydrogens is 283 g/mol. The largest absolute Gasteiger partial charge is 0.386 e. The van der Waals surface area contributed by atoms with E-state index in [1.807, 2.05) is 4.72 Å². The first kappa shape index (κ1) is 15.4. The highest BCUT2D eigenvalue weighted by Crippen LogP contribution is 2.21. The van der Waals surface area contributed by atoms with Gasteiger partial charge >= 0.3 is 0 Å². The van der Waals surface area contributed by atoms with Gasteiger partial charge in [0, 0.05) is 12.1 Å². The maximum absolute atomic E-state index is 13.4. The van der Waals surface area contributed by atoms with Crippen LogP contribution in [-0.2, 0) is 10.0 Å². The molecule has 0 fully saturated rings. The van der Waals surface area contributed by atoms with Gasteiger partial charge in [0.1, 0.15) is 23.3 Å². The SMILES string of the molecule is CC(C)(NS(=O)(=O)c1c(F)cc(F)cc1F)C(=N)N. The fourth-order valence-electron chi connectivity index (χ4n) is 1.23. The van der Waals surface area contributed by atoms with E-state index in [0.29, 0.717) is 0 Å². The Morgan fingerprint density at radius 1 is 1.26 bits per heavy atom. The molecule has 0 heterocycles. The average molecular weight is 295 g/mol. The Bertz CT molecular complexity index is 606. The molecule has 9 heteroatoms. The number of nitrogens with two attached hydrogens (primary N) is 1. The number of halogens is 3. The van der Waals surface area contributed by atoms with Gasteiger partial charge in [-0.2, -0.15) is 4.72 Å². The smallest absolute Gasteiger partial charge is 0.247 e. The fraction of sp³-hybridized carbons (Fsp3) is 0.300.